The maximum Gasteiger partial charge on any atom is 0.122 e. The molecule has 0 spiro atoms. The summed E-state index contributed by atoms with van der Waals surface area (Å²) in [7, 11) is 0. The number of nitrogens with one attached hydrogen (secondary N) is 2. The number of nitrogens with zero attached hydrogens (tertiary/aromatic N) is 3. The molecule has 3 rings (SSSR count). The molecule has 5 heteroatoms. The minimum atomic E-state index is 0.858. The highest BCUT2D eigenvalue weighted by Gasteiger charge is 2.06. The van der Waals surface area contributed by atoms with E-state index < -0.39 is 0 Å². The first-order valence-corrected chi connectivity index (χ1v) is 4.24. The molecule has 0 saturated heterocycles. The van der Waals surface area contributed by atoms with E-state index in [1.807, 2.05) is 24.3 Å². The van der Waals surface area contributed by atoms with Crippen molar-refractivity contribution in [2.75, 3.05) is 0 Å². The Hall–Kier alpha value is -2.17. The number of H-pyrrole nitrogens is 2. The first kappa shape index (κ1) is 7.25. The summed E-state index contributed by atoms with van der Waals surface area (Å²) >= 11 is 0. The monoisotopic (exact) mass is 185 g/mol. The molecule has 0 aliphatic carbocycles. The summed E-state index contributed by atoms with van der Waals surface area (Å²) in [6.45, 7) is 0. The van der Waals surface area contributed by atoms with Crippen molar-refractivity contribution in [1.82, 2.24) is 25.6 Å². The largest absolute Gasteiger partial charge is 0.278 e. The predicted octanol–water partition coefficient (Wildman–Crippen LogP) is 1.35. The molecule has 0 radical (unpaired) electrons. The van der Waals surface area contributed by atoms with Gasteiger partial charge in [-0.05, 0) is 12.1 Å². The maximum atomic E-state index is 4.09. The molecule has 0 unspecified atom stereocenters. The van der Waals surface area contributed by atoms with Crippen LogP contribution in [0.1, 0.15) is 0 Å². The van der Waals surface area contributed by atoms with Gasteiger partial charge in [0, 0.05) is 11.8 Å². The lowest BCUT2D eigenvalue weighted by atomic mass is 10.1. The number of para-hydroxylation sites is 1. The summed E-state index contributed by atoms with van der Waals surface area (Å²) in [5.41, 5.74) is 3.67. The van der Waals surface area contributed by atoms with E-state index in [1.54, 1.807) is 6.20 Å². The Morgan fingerprint density at radius 1 is 1.07 bits per heavy atom. The summed E-state index contributed by atoms with van der Waals surface area (Å²) in [5.74, 6) is 0. The van der Waals surface area contributed by atoms with Crippen LogP contribution in [0.5, 0.6) is 0 Å². The first-order chi connectivity index (χ1) is 6.95. The molecule has 14 heavy (non-hydrogen) atoms. The smallest absolute Gasteiger partial charge is 0.122 e. The normalized spacial score (nSPS) is 10.9. The van der Waals surface area contributed by atoms with Crippen molar-refractivity contribution in [3.8, 4) is 11.3 Å². The molecule has 2 heterocycles. The summed E-state index contributed by atoms with van der Waals surface area (Å²) in [4.78, 5) is 0. The molecule has 5 nitrogen and oxygen atoms in total. The van der Waals surface area contributed by atoms with Crippen LogP contribution in [0.3, 0.4) is 0 Å². The quantitative estimate of drug-likeness (QED) is 0.601. The lowest BCUT2D eigenvalue weighted by Crippen LogP contribution is -1.80. The van der Waals surface area contributed by atoms with Gasteiger partial charge in [-0.3, -0.25) is 5.10 Å². The summed E-state index contributed by atoms with van der Waals surface area (Å²) in [5, 5.41) is 17.5. The fourth-order valence-corrected chi connectivity index (χ4v) is 1.49. The van der Waals surface area contributed by atoms with Gasteiger partial charge in [0.25, 0.3) is 0 Å². The number of aromatic amines is 2. The molecule has 0 fully saturated rings. The molecule has 2 N–H and O–H groups in total. The SMILES string of the molecule is c1cc(-c2ccn[nH]2)c2n[nH]nc2c1. The number of fused-ring (bicyclic) bond motifs is 1. The van der Waals surface area contributed by atoms with Crippen molar-refractivity contribution >= 4 is 11.0 Å². The Labute approximate surface area is 79.2 Å². The van der Waals surface area contributed by atoms with Crippen LogP contribution >= 0.6 is 0 Å². The zero-order valence-corrected chi connectivity index (χ0v) is 7.23. The summed E-state index contributed by atoms with van der Waals surface area (Å²) < 4.78 is 0. The molecule has 3 aromatic rings. The molecule has 0 aliphatic heterocycles. The van der Waals surface area contributed by atoms with Gasteiger partial charge in [-0.1, -0.05) is 12.1 Å². The van der Waals surface area contributed by atoms with E-state index in [2.05, 4.69) is 25.6 Å². The molecular formula is C9H7N5. The van der Waals surface area contributed by atoms with Gasteiger partial charge in [0.1, 0.15) is 11.0 Å². The second-order valence-electron chi connectivity index (χ2n) is 2.97. The van der Waals surface area contributed by atoms with Gasteiger partial charge in [0.15, 0.2) is 0 Å². The van der Waals surface area contributed by atoms with E-state index in [4.69, 9.17) is 0 Å². The second-order valence-corrected chi connectivity index (χ2v) is 2.97. The zero-order valence-electron chi connectivity index (χ0n) is 7.23. The van der Waals surface area contributed by atoms with Gasteiger partial charge < -0.3 is 0 Å². The van der Waals surface area contributed by atoms with Crippen LogP contribution in [0.2, 0.25) is 0 Å². The molecule has 0 saturated carbocycles. The zero-order chi connectivity index (χ0) is 9.38. The molecule has 2 aromatic heterocycles. The van der Waals surface area contributed by atoms with Crippen LogP contribution in [0.25, 0.3) is 22.3 Å². The number of rotatable bonds is 1. The minimum absolute atomic E-state index is 0.858. The number of hydrogen-bond acceptors (Lipinski definition) is 3. The van der Waals surface area contributed by atoms with Crippen molar-refractivity contribution in [3.05, 3.63) is 30.5 Å². The third-order valence-electron chi connectivity index (χ3n) is 2.14. The first-order valence-electron chi connectivity index (χ1n) is 4.24. The summed E-state index contributed by atoms with van der Waals surface area (Å²) in [6, 6.07) is 7.75. The van der Waals surface area contributed by atoms with E-state index in [1.165, 1.54) is 0 Å². The van der Waals surface area contributed by atoms with Crippen LogP contribution in [0.4, 0.5) is 0 Å². The van der Waals surface area contributed by atoms with Gasteiger partial charge >= 0.3 is 0 Å². The van der Waals surface area contributed by atoms with E-state index >= 15 is 0 Å². The molecule has 1 aromatic carbocycles. The molecule has 0 atom stereocenters. The van der Waals surface area contributed by atoms with Crippen molar-refractivity contribution < 1.29 is 0 Å². The average Bonchev–Trinajstić information content (AvgIpc) is 2.88. The maximum absolute atomic E-state index is 4.09. The van der Waals surface area contributed by atoms with Crippen LogP contribution in [-0.2, 0) is 0 Å². The molecule has 0 amide bonds. The fraction of sp³-hybridized carbons (Fsp3) is 0. The van der Waals surface area contributed by atoms with Crippen molar-refractivity contribution in [1.29, 1.82) is 0 Å². The third kappa shape index (κ3) is 0.922. The van der Waals surface area contributed by atoms with Crippen molar-refractivity contribution in [3.63, 3.8) is 0 Å². The Bertz CT molecular complexity index is 551. The minimum Gasteiger partial charge on any atom is -0.278 e. The van der Waals surface area contributed by atoms with Crippen LogP contribution in [0, 0.1) is 0 Å². The van der Waals surface area contributed by atoms with Gasteiger partial charge in [-0.2, -0.15) is 20.5 Å². The van der Waals surface area contributed by atoms with E-state index in [-0.39, 0.29) is 0 Å². The molecule has 0 aliphatic rings. The third-order valence-corrected chi connectivity index (χ3v) is 2.14. The fourth-order valence-electron chi connectivity index (χ4n) is 1.49. The molecule has 68 valence electrons. The Morgan fingerprint density at radius 3 is 2.93 bits per heavy atom. The number of benzene rings is 1. The van der Waals surface area contributed by atoms with Gasteiger partial charge in [0.2, 0.25) is 0 Å². The predicted molar refractivity (Wildman–Crippen MR) is 51.5 cm³/mol. The standard InChI is InChI=1S/C9H7N5/c1-2-6(7-4-5-10-11-7)9-8(3-1)12-14-13-9/h1-5H,(H,10,11)(H,12,13,14). The van der Waals surface area contributed by atoms with Crippen LogP contribution in [0.15, 0.2) is 30.5 Å². The number of hydrogen-bond donors (Lipinski definition) is 2. The Kier molecular flexibility index (Phi) is 1.38. The molecular weight excluding hydrogens is 178 g/mol. The van der Waals surface area contributed by atoms with Crippen LogP contribution in [-0.4, -0.2) is 25.6 Å². The van der Waals surface area contributed by atoms with Gasteiger partial charge in [-0.15, -0.1) is 0 Å². The Morgan fingerprint density at radius 2 is 2.07 bits per heavy atom. The van der Waals surface area contributed by atoms with Crippen molar-refractivity contribution in [2.45, 2.75) is 0 Å². The second kappa shape index (κ2) is 2.66. The highest BCUT2D eigenvalue weighted by molar-refractivity contribution is 5.89. The van der Waals surface area contributed by atoms with E-state index in [9.17, 15) is 0 Å². The highest BCUT2D eigenvalue weighted by atomic mass is 15.3. The Balaban J connectivity index is 2.36. The topological polar surface area (TPSA) is 70.2 Å². The lowest BCUT2D eigenvalue weighted by Gasteiger charge is -1.96. The lowest BCUT2D eigenvalue weighted by molar-refractivity contribution is 0.959. The van der Waals surface area contributed by atoms with Gasteiger partial charge in [0.05, 0.1) is 5.69 Å². The van der Waals surface area contributed by atoms with Gasteiger partial charge in [-0.25, -0.2) is 0 Å². The number of aromatic nitrogens is 5. The van der Waals surface area contributed by atoms with E-state index in [0.717, 1.165) is 22.3 Å². The molecule has 0 bridgehead atoms. The highest BCUT2D eigenvalue weighted by Crippen LogP contribution is 2.23. The summed E-state index contributed by atoms with van der Waals surface area (Å²) in [6.07, 6.45) is 1.72. The average molecular weight is 185 g/mol. The van der Waals surface area contributed by atoms with E-state index in [0.29, 0.717) is 0 Å². The van der Waals surface area contributed by atoms with Crippen LogP contribution < -0.4 is 0 Å². The van der Waals surface area contributed by atoms with Crippen molar-refractivity contribution in [2.24, 2.45) is 0 Å².